The second-order valence-corrected chi connectivity index (χ2v) is 18.3. The van der Waals surface area contributed by atoms with Crippen molar-refractivity contribution in [1.29, 1.82) is 0 Å². The first-order chi connectivity index (χ1) is 28.4. The smallest absolute Gasteiger partial charge is 0.333 e. The summed E-state index contributed by atoms with van der Waals surface area (Å²) in [5.74, 6) is 0. The quantitative estimate of drug-likeness (QED) is 0.156. The van der Waals surface area contributed by atoms with Crippen LogP contribution in [0.2, 0.25) is 0 Å². The third-order valence-corrected chi connectivity index (χ3v) is 14.2. The zero-order chi connectivity index (χ0) is 38.2. The van der Waals surface area contributed by atoms with E-state index in [1.807, 2.05) is 17.4 Å². The van der Waals surface area contributed by atoms with Crippen LogP contribution in [0.4, 0.5) is 11.4 Å². The Bertz CT molecular complexity index is 3800. The number of rotatable bonds is 1. The Morgan fingerprint density at radius 3 is 1.95 bits per heavy atom. The molecule has 0 saturated carbocycles. The molecular weight excluding hydrogens is 727 g/mol. The summed E-state index contributed by atoms with van der Waals surface area (Å²) in [6.07, 6.45) is 0. The summed E-state index contributed by atoms with van der Waals surface area (Å²) in [6.45, 7) is 6.77. The van der Waals surface area contributed by atoms with Gasteiger partial charge in [0.2, 0.25) is 0 Å². The van der Waals surface area contributed by atoms with Gasteiger partial charge in [-0.05, 0) is 82.1 Å². The van der Waals surface area contributed by atoms with Crippen LogP contribution < -0.4 is 15.7 Å². The average Bonchev–Trinajstić information content (AvgIpc) is 3.99. The van der Waals surface area contributed by atoms with Gasteiger partial charge in [-0.1, -0.05) is 106 Å². The molecule has 2 aliphatic rings. The molecule has 0 bridgehead atoms. The molecule has 0 spiro atoms. The third kappa shape index (κ3) is 3.91. The van der Waals surface area contributed by atoms with Crippen LogP contribution in [-0.4, -0.2) is 11.4 Å². The Morgan fingerprint density at radius 2 is 1.19 bits per heavy atom. The summed E-state index contributed by atoms with van der Waals surface area (Å²) in [5, 5.41) is 9.57. The van der Waals surface area contributed by atoms with Crippen molar-refractivity contribution in [2.75, 3.05) is 4.81 Å². The summed E-state index contributed by atoms with van der Waals surface area (Å²) in [6, 6.07) is 54.1. The molecule has 0 radical (unpaired) electrons. The molecule has 0 amide bonds. The van der Waals surface area contributed by atoms with E-state index in [9.17, 15) is 0 Å². The SMILES string of the molecule is CC(C)(C)c1ccc(N2B3c4cc5c(cc4-n4c6cc7c(cc6c6ccc(c3c64)-c3cc4c(cc32)sc2ccccc24)oc2ccccc27)oc2ccccc25)cc1. The number of nitrogens with zero attached hydrogens (tertiary/aromatic N) is 2. The molecule has 0 atom stereocenters. The van der Waals surface area contributed by atoms with Crippen molar-refractivity contribution in [2.45, 2.75) is 26.2 Å². The van der Waals surface area contributed by atoms with E-state index in [0.717, 1.165) is 49.6 Å². The van der Waals surface area contributed by atoms with Crippen molar-refractivity contribution in [2.24, 2.45) is 0 Å². The zero-order valence-electron chi connectivity index (χ0n) is 32.1. The second kappa shape index (κ2) is 10.6. The fraction of sp³-hybridized carbons (Fsp3) is 0.0769. The summed E-state index contributed by atoms with van der Waals surface area (Å²) in [7, 11) is 0. The molecule has 12 aromatic rings. The normalized spacial score (nSPS) is 13.7. The highest BCUT2D eigenvalue weighted by molar-refractivity contribution is 7.25. The van der Waals surface area contributed by atoms with Crippen molar-refractivity contribution in [1.82, 2.24) is 4.57 Å². The molecule has 0 fully saturated rings. The average molecular weight is 761 g/mol. The van der Waals surface area contributed by atoms with Gasteiger partial charge in [-0.2, -0.15) is 0 Å². The second-order valence-electron chi connectivity index (χ2n) is 17.3. The molecule has 4 aromatic heterocycles. The number of aromatic nitrogens is 1. The van der Waals surface area contributed by atoms with E-state index in [1.54, 1.807) is 0 Å². The van der Waals surface area contributed by atoms with E-state index < -0.39 is 0 Å². The number of anilines is 2. The molecular formula is C52H33BN2O2S. The van der Waals surface area contributed by atoms with E-state index in [1.165, 1.54) is 81.0 Å². The number of hydrogen-bond acceptors (Lipinski definition) is 4. The van der Waals surface area contributed by atoms with Gasteiger partial charge in [-0.3, -0.25) is 0 Å². The Hall–Kier alpha value is -6.76. The monoisotopic (exact) mass is 760 g/mol. The molecule has 6 heterocycles. The molecule has 4 nitrogen and oxygen atoms in total. The van der Waals surface area contributed by atoms with Crippen molar-refractivity contribution in [3.05, 3.63) is 151 Å². The van der Waals surface area contributed by atoms with E-state index in [-0.39, 0.29) is 12.3 Å². The Labute approximate surface area is 337 Å². The summed E-state index contributed by atoms with van der Waals surface area (Å²) in [4.78, 5) is 2.64. The van der Waals surface area contributed by atoms with E-state index in [4.69, 9.17) is 8.83 Å². The Morgan fingerprint density at radius 1 is 0.500 bits per heavy atom. The Balaban J connectivity index is 1.17. The first-order valence-corrected chi connectivity index (χ1v) is 20.9. The third-order valence-electron chi connectivity index (χ3n) is 13.1. The van der Waals surface area contributed by atoms with E-state index >= 15 is 0 Å². The number of para-hydroxylation sites is 2. The van der Waals surface area contributed by atoms with Crippen LogP contribution in [0.5, 0.6) is 0 Å². The molecule has 14 rings (SSSR count). The molecule has 2 aliphatic heterocycles. The Kier molecular flexibility index (Phi) is 5.73. The molecule has 0 N–H and O–H groups in total. The summed E-state index contributed by atoms with van der Waals surface area (Å²) in [5.41, 5.74) is 16.1. The van der Waals surface area contributed by atoms with Crippen molar-refractivity contribution >= 4 is 126 Å². The lowest BCUT2D eigenvalue weighted by Crippen LogP contribution is -2.60. The summed E-state index contributed by atoms with van der Waals surface area (Å²) >= 11 is 1.89. The molecule has 0 saturated heterocycles. The molecule has 58 heavy (non-hydrogen) atoms. The van der Waals surface area contributed by atoms with Crippen LogP contribution in [0.15, 0.2) is 154 Å². The lowest BCUT2D eigenvalue weighted by atomic mass is 9.44. The first-order valence-electron chi connectivity index (χ1n) is 20.1. The molecule has 0 unspecified atom stereocenters. The van der Waals surface area contributed by atoms with Crippen molar-refractivity contribution in [3.63, 3.8) is 0 Å². The highest BCUT2D eigenvalue weighted by Crippen LogP contribution is 2.49. The minimum Gasteiger partial charge on any atom is -0.456 e. The minimum absolute atomic E-state index is 0.0389. The van der Waals surface area contributed by atoms with Crippen LogP contribution >= 0.6 is 11.3 Å². The van der Waals surface area contributed by atoms with Gasteiger partial charge in [0.1, 0.15) is 22.3 Å². The maximum absolute atomic E-state index is 6.66. The molecule has 272 valence electrons. The lowest BCUT2D eigenvalue weighted by molar-refractivity contribution is 0.590. The van der Waals surface area contributed by atoms with Gasteiger partial charge in [0.25, 0.3) is 0 Å². The predicted molar refractivity (Wildman–Crippen MR) is 246 cm³/mol. The fourth-order valence-electron chi connectivity index (χ4n) is 10.4. The van der Waals surface area contributed by atoms with Gasteiger partial charge in [0.15, 0.2) is 0 Å². The van der Waals surface area contributed by atoms with Crippen LogP contribution in [0.1, 0.15) is 26.3 Å². The van der Waals surface area contributed by atoms with Gasteiger partial charge in [-0.25, -0.2) is 0 Å². The van der Waals surface area contributed by atoms with Gasteiger partial charge in [-0.15, -0.1) is 11.3 Å². The topological polar surface area (TPSA) is 34.5 Å². The number of benzene rings is 8. The fourth-order valence-corrected chi connectivity index (χ4v) is 11.6. The predicted octanol–water partition coefficient (Wildman–Crippen LogP) is 13.5. The highest BCUT2D eigenvalue weighted by Gasteiger charge is 2.44. The van der Waals surface area contributed by atoms with Crippen LogP contribution in [0.25, 0.3) is 103 Å². The highest BCUT2D eigenvalue weighted by atomic mass is 32.1. The standard InChI is InChI=1S/C52H33BN2O2S/c1-52(2,3)28-16-18-29(19-17-28)55-42-27-49-39(32-12-6-9-15-48(32)58-49)22-35(42)33-20-21-34-36-25-46-38(31-11-5-8-14-45(31)56-46)24-41(36)54-43-26-47-37(30-10-4-7-13-44(30)57-47)23-40(43)53(55)50(33)51(34)54/h4-27H,1-3H3. The number of hydrogen-bond donors (Lipinski definition) is 0. The van der Waals surface area contributed by atoms with E-state index in [2.05, 4.69) is 170 Å². The van der Waals surface area contributed by atoms with Crippen LogP contribution in [0.3, 0.4) is 0 Å². The van der Waals surface area contributed by atoms with Crippen LogP contribution in [-0.2, 0) is 5.41 Å². The van der Waals surface area contributed by atoms with Crippen LogP contribution in [0, 0.1) is 0 Å². The first kappa shape index (κ1) is 31.3. The maximum Gasteiger partial charge on any atom is 0.333 e. The largest absolute Gasteiger partial charge is 0.456 e. The van der Waals surface area contributed by atoms with Gasteiger partial charge >= 0.3 is 6.85 Å². The lowest BCUT2D eigenvalue weighted by Gasteiger charge is -2.42. The van der Waals surface area contributed by atoms with Gasteiger partial charge in [0.05, 0.1) is 11.0 Å². The number of thiophene rings is 1. The van der Waals surface area contributed by atoms with Gasteiger partial charge in [0, 0.05) is 81.2 Å². The van der Waals surface area contributed by atoms with Gasteiger partial charge < -0.3 is 18.2 Å². The van der Waals surface area contributed by atoms with Crippen molar-refractivity contribution in [3.8, 4) is 16.8 Å². The molecule has 6 heteroatoms. The summed E-state index contributed by atoms with van der Waals surface area (Å²) < 4.78 is 18.3. The number of fused-ring (bicyclic) bond motifs is 17. The van der Waals surface area contributed by atoms with E-state index in [0.29, 0.717) is 0 Å². The maximum atomic E-state index is 6.66. The molecule has 8 aromatic carbocycles. The van der Waals surface area contributed by atoms with Crippen molar-refractivity contribution < 1.29 is 8.83 Å². The number of furan rings is 2. The minimum atomic E-state index is -0.104. The zero-order valence-corrected chi connectivity index (χ0v) is 32.9. The molecule has 0 aliphatic carbocycles.